The highest BCUT2D eigenvalue weighted by molar-refractivity contribution is 5.53. The molecule has 0 saturated carbocycles. The lowest BCUT2D eigenvalue weighted by Crippen LogP contribution is -2.37. The van der Waals surface area contributed by atoms with Crippen molar-refractivity contribution in [3.8, 4) is 0 Å². The highest BCUT2D eigenvalue weighted by atomic mass is 15.5. The Balaban J connectivity index is 2.03. The number of nitrogen functional groups attached to an aromatic ring is 1. The zero-order valence-corrected chi connectivity index (χ0v) is 9.56. The molecule has 2 rings (SSSR count). The van der Waals surface area contributed by atoms with E-state index >= 15 is 0 Å². The largest absolute Gasteiger partial charge is 0.384 e. The molecular weight excluding hydrogens is 200 g/mol. The number of nitrogens with two attached hydrogens (primary N) is 1. The van der Waals surface area contributed by atoms with Crippen LogP contribution in [0.5, 0.6) is 0 Å². The van der Waals surface area contributed by atoms with Crippen LogP contribution in [0.25, 0.3) is 6.08 Å². The topological polar surface area (TPSA) is 54.2 Å². The molecule has 1 aromatic heterocycles. The molecule has 0 aliphatic carbocycles. The SMILES string of the molecule is CNN1CCC[C@H]1/C=C/c1ccnc(N)c1. The normalized spacial score (nSPS) is 21.9. The van der Waals surface area contributed by atoms with Crippen LogP contribution >= 0.6 is 0 Å². The summed E-state index contributed by atoms with van der Waals surface area (Å²) in [6.07, 6.45) is 8.52. The maximum Gasteiger partial charge on any atom is 0.123 e. The predicted molar refractivity (Wildman–Crippen MR) is 66.5 cm³/mol. The number of hydrogen-bond acceptors (Lipinski definition) is 4. The van der Waals surface area contributed by atoms with E-state index in [0.717, 1.165) is 12.1 Å². The van der Waals surface area contributed by atoms with Crippen LogP contribution in [0.3, 0.4) is 0 Å². The summed E-state index contributed by atoms with van der Waals surface area (Å²) >= 11 is 0. The zero-order valence-electron chi connectivity index (χ0n) is 9.56. The number of nitrogens with one attached hydrogen (secondary N) is 1. The molecule has 2 heterocycles. The fourth-order valence-electron chi connectivity index (χ4n) is 2.06. The van der Waals surface area contributed by atoms with Gasteiger partial charge in [0.15, 0.2) is 0 Å². The number of rotatable bonds is 3. The summed E-state index contributed by atoms with van der Waals surface area (Å²) in [5.41, 5.74) is 9.94. The van der Waals surface area contributed by atoms with Gasteiger partial charge < -0.3 is 5.73 Å². The molecule has 1 fully saturated rings. The second kappa shape index (κ2) is 5.09. The summed E-state index contributed by atoms with van der Waals surface area (Å²) in [5, 5.41) is 2.25. The second-order valence-electron chi connectivity index (χ2n) is 4.00. The van der Waals surface area contributed by atoms with E-state index in [4.69, 9.17) is 5.73 Å². The quantitative estimate of drug-likeness (QED) is 0.802. The first kappa shape index (κ1) is 11.1. The van der Waals surface area contributed by atoms with Gasteiger partial charge in [-0.1, -0.05) is 12.2 Å². The van der Waals surface area contributed by atoms with E-state index in [9.17, 15) is 0 Å². The van der Waals surface area contributed by atoms with Gasteiger partial charge in [-0.2, -0.15) is 0 Å². The maximum absolute atomic E-state index is 5.63. The number of pyridine rings is 1. The third-order valence-electron chi connectivity index (χ3n) is 2.90. The summed E-state index contributed by atoms with van der Waals surface area (Å²) in [4.78, 5) is 3.97. The standard InChI is InChI=1S/C12H18N4/c1-14-16-8-2-3-11(16)5-4-10-6-7-15-12(13)9-10/h4-7,9,11,14H,2-3,8H2,1H3,(H2,13,15)/b5-4+/t11-/m0/s1. The van der Waals surface area contributed by atoms with Crippen molar-refractivity contribution in [3.63, 3.8) is 0 Å². The first-order valence-electron chi connectivity index (χ1n) is 5.63. The minimum absolute atomic E-state index is 0.486. The van der Waals surface area contributed by atoms with Gasteiger partial charge in [0.05, 0.1) is 0 Å². The second-order valence-corrected chi connectivity index (χ2v) is 4.00. The van der Waals surface area contributed by atoms with Gasteiger partial charge in [-0.15, -0.1) is 0 Å². The van der Waals surface area contributed by atoms with E-state index in [1.54, 1.807) is 6.20 Å². The molecule has 4 heteroatoms. The Morgan fingerprint density at radius 2 is 2.50 bits per heavy atom. The van der Waals surface area contributed by atoms with E-state index in [1.165, 1.54) is 12.8 Å². The van der Waals surface area contributed by atoms with Gasteiger partial charge in [-0.05, 0) is 37.6 Å². The number of nitrogens with zero attached hydrogens (tertiary/aromatic N) is 2. The Bertz CT molecular complexity index is 375. The van der Waals surface area contributed by atoms with Crippen molar-refractivity contribution in [2.75, 3.05) is 19.3 Å². The van der Waals surface area contributed by atoms with E-state index in [0.29, 0.717) is 11.9 Å². The summed E-state index contributed by atoms with van der Waals surface area (Å²) in [5.74, 6) is 0.569. The third kappa shape index (κ3) is 2.59. The summed E-state index contributed by atoms with van der Waals surface area (Å²) in [6.45, 7) is 1.12. The smallest absolute Gasteiger partial charge is 0.123 e. The number of hydrazine groups is 1. The summed E-state index contributed by atoms with van der Waals surface area (Å²) in [7, 11) is 1.97. The van der Waals surface area contributed by atoms with Crippen molar-refractivity contribution >= 4 is 11.9 Å². The Kier molecular flexibility index (Phi) is 3.54. The van der Waals surface area contributed by atoms with Gasteiger partial charge in [0, 0.05) is 18.8 Å². The highest BCUT2D eigenvalue weighted by Crippen LogP contribution is 2.17. The predicted octanol–water partition coefficient (Wildman–Crippen LogP) is 1.28. The first-order valence-corrected chi connectivity index (χ1v) is 5.63. The van der Waals surface area contributed by atoms with Crippen LogP contribution in [0.2, 0.25) is 0 Å². The van der Waals surface area contributed by atoms with Gasteiger partial charge in [0.25, 0.3) is 0 Å². The lowest BCUT2D eigenvalue weighted by molar-refractivity contribution is 0.220. The van der Waals surface area contributed by atoms with Crippen LogP contribution in [0.15, 0.2) is 24.4 Å². The van der Waals surface area contributed by atoms with Crippen LogP contribution in [0, 0.1) is 0 Å². The van der Waals surface area contributed by atoms with Crippen molar-refractivity contribution < 1.29 is 0 Å². The van der Waals surface area contributed by atoms with Crippen LogP contribution in [-0.2, 0) is 0 Å². The molecule has 1 aliphatic rings. The van der Waals surface area contributed by atoms with Crippen molar-refractivity contribution in [1.29, 1.82) is 0 Å². The summed E-state index contributed by atoms with van der Waals surface area (Å²) < 4.78 is 0. The van der Waals surface area contributed by atoms with Crippen LogP contribution in [0.4, 0.5) is 5.82 Å². The number of anilines is 1. The molecular formula is C12H18N4. The fourth-order valence-corrected chi connectivity index (χ4v) is 2.06. The lowest BCUT2D eigenvalue weighted by atomic mass is 10.1. The van der Waals surface area contributed by atoms with Crippen LogP contribution in [-0.4, -0.2) is 29.6 Å². The van der Waals surface area contributed by atoms with Gasteiger partial charge in [0.1, 0.15) is 5.82 Å². The summed E-state index contributed by atoms with van der Waals surface area (Å²) in [6, 6.07) is 4.33. The average Bonchev–Trinajstić information content (AvgIpc) is 2.74. The fraction of sp³-hybridized carbons (Fsp3) is 0.417. The Labute approximate surface area is 96.1 Å². The van der Waals surface area contributed by atoms with E-state index in [-0.39, 0.29) is 0 Å². The molecule has 3 N–H and O–H groups in total. The molecule has 0 aromatic carbocycles. The van der Waals surface area contributed by atoms with Crippen LogP contribution < -0.4 is 11.2 Å². The molecule has 16 heavy (non-hydrogen) atoms. The lowest BCUT2D eigenvalue weighted by Gasteiger charge is -2.19. The minimum atomic E-state index is 0.486. The van der Waals surface area contributed by atoms with Crippen molar-refractivity contribution in [3.05, 3.63) is 30.0 Å². The van der Waals surface area contributed by atoms with Crippen LogP contribution in [0.1, 0.15) is 18.4 Å². The number of aromatic nitrogens is 1. The van der Waals surface area contributed by atoms with E-state index < -0.39 is 0 Å². The Morgan fingerprint density at radius 3 is 3.25 bits per heavy atom. The highest BCUT2D eigenvalue weighted by Gasteiger charge is 2.20. The molecule has 0 spiro atoms. The molecule has 4 nitrogen and oxygen atoms in total. The zero-order chi connectivity index (χ0) is 11.4. The first-order chi connectivity index (χ1) is 7.79. The average molecular weight is 218 g/mol. The minimum Gasteiger partial charge on any atom is -0.384 e. The van der Waals surface area contributed by atoms with E-state index in [1.807, 2.05) is 19.2 Å². The van der Waals surface area contributed by atoms with E-state index in [2.05, 4.69) is 27.6 Å². The Hall–Kier alpha value is -1.39. The molecule has 0 amide bonds. The molecule has 1 atom stereocenters. The molecule has 1 aliphatic heterocycles. The van der Waals surface area contributed by atoms with Gasteiger partial charge >= 0.3 is 0 Å². The molecule has 0 radical (unpaired) electrons. The van der Waals surface area contributed by atoms with Gasteiger partial charge in [-0.3, -0.25) is 5.43 Å². The van der Waals surface area contributed by atoms with Gasteiger partial charge in [-0.25, -0.2) is 9.99 Å². The molecule has 86 valence electrons. The monoisotopic (exact) mass is 218 g/mol. The van der Waals surface area contributed by atoms with Gasteiger partial charge in [0.2, 0.25) is 0 Å². The molecule has 0 bridgehead atoms. The molecule has 0 unspecified atom stereocenters. The number of hydrogen-bond donors (Lipinski definition) is 2. The molecule has 1 saturated heterocycles. The third-order valence-corrected chi connectivity index (χ3v) is 2.90. The molecule has 1 aromatic rings. The van der Waals surface area contributed by atoms with Crippen molar-refractivity contribution in [2.24, 2.45) is 0 Å². The van der Waals surface area contributed by atoms with Crippen molar-refractivity contribution in [1.82, 2.24) is 15.4 Å². The Morgan fingerprint density at radius 1 is 1.62 bits per heavy atom. The maximum atomic E-state index is 5.63. The van der Waals surface area contributed by atoms with Crippen molar-refractivity contribution in [2.45, 2.75) is 18.9 Å².